The molecule has 2 N–H and O–H groups in total. The molecule has 0 spiro atoms. The number of nitrogens with zero attached hydrogens (tertiary/aromatic N) is 6. The minimum atomic E-state index is -0.269. The second-order valence-corrected chi connectivity index (χ2v) is 13.4. The Morgan fingerprint density at radius 2 is 1.87 bits per heavy atom. The molecule has 234 valence electrons. The average molecular weight is 633 g/mol. The Hall–Kier alpha value is -4.74. The third-order valence-electron chi connectivity index (χ3n) is 9.40. The Kier molecular flexibility index (Phi) is 7.22. The summed E-state index contributed by atoms with van der Waals surface area (Å²) in [5, 5.41) is 10.4. The molecular weight excluding hydrogens is 597 g/mol. The number of likely N-dealkylation sites (tertiary alicyclic amines) is 1. The highest BCUT2D eigenvalue weighted by molar-refractivity contribution is 7.13. The lowest BCUT2D eigenvalue weighted by molar-refractivity contribution is -0.111. The number of rotatable bonds is 9. The molecule has 5 heterocycles. The fourth-order valence-corrected chi connectivity index (χ4v) is 7.78. The minimum Gasteiger partial charge on any atom is -0.494 e. The molecule has 3 aromatic heterocycles. The van der Waals surface area contributed by atoms with Crippen LogP contribution in [0.3, 0.4) is 0 Å². The molecule has 2 aliphatic heterocycles. The first kappa shape index (κ1) is 28.7. The van der Waals surface area contributed by atoms with Gasteiger partial charge in [0.05, 0.1) is 35.4 Å². The van der Waals surface area contributed by atoms with E-state index in [1.54, 1.807) is 24.6 Å². The number of methoxy groups -OCH3 is 1. The van der Waals surface area contributed by atoms with Crippen LogP contribution in [0.1, 0.15) is 18.9 Å². The molecule has 2 saturated heterocycles. The summed E-state index contributed by atoms with van der Waals surface area (Å²) in [6, 6.07) is 12.9. The van der Waals surface area contributed by atoms with E-state index in [0.717, 1.165) is 59.1 Å². The van der Waals surface area contributed by atoms with E-state index in [-0.39, 0.29) is 5.91 Å². The molecule has 10 nitrogen and oxygen atoms in total. The number of aromatic nitrogens is 4. The number of ether oxygens (including phenoxy) is 1. The molecule has 1 saturated carbocycles. The van der Waals surface area contributed by atoms with Crippen molar-refractivity contribution in [1.82, 2.24) is 24.4 Å². The molecular formula is C35H36N8O2S. The minimum absolute atomic E-state index is 0.269. The predicted molar refractivity (Wildman–Crippen MR) is 184 cm³/mol. The molecule has 2 aromatic carbocycles. The Labute approximate surface area is 271 Å². The number of amides is 1. The van der Waals surface area contributed by atoms with Gasteiger partial charge in [0.15, 0.2) is 0 Å². The van der Waals surface area contributed by atoms with Crippen LogP contribution in [-0.2, 0) is 4.79 Å². The van der Waals surface area contributed by atoms with Crippen molar-refractivity contribution in [3.8, 4) is 27.6 Å². The van der Waals surface area contributed by atoms with Crippen molar-refractivity contribution in [2.75, 3.05) is 55.9 Å². The van der Waals surface area contributed by atoms with Crippen LogP contribution < -0.4 is 20.3 Å². The van der Waals surface area contributed by atoms with Gasteiger partial charge in [0.25, 0.3) is 0 Å². The van der Waals surface area contributed by atoms with Crippen LogP contribution in [0.15, 0.2) is 73.0 Å². The van der Waals surface area contributed by atoms with Crippen LogP contribution in [0.5, 0.6) is 5.75 Å². The van der Waals surface area contributed by atoms with Crippen molar-refractivity contribution in [2.24, 2.45) is 11.8 Å². The summed E-state index contributed by atoms with van der Waals surface area (Å²) >= 11 is 1.57. The Morgan fingerprint density at radius 1 is 1.07 bits per heavy atom. The average Bonchev–Trinajstić information content (AvgIpc) is 3.36. The van der Waals surface area contributed by atoms with Crippen molar-refractivity contribution in [3.05, 3.63) is 73.0 Å². The maximum Gasteiger partial charge on any atom is 0.247 e. The maximum atomic E-state index is 12.6. The number of carbonyl (C=O) groups excluding carboxylic acids is 1. The molecule has 2 unspecified atom stereocenters. The van der Waals surface area contributed by atoms with E-state index < -0.39 is 0 Å². The number of nitrogens with one attached hydrogen (secondary N) is 2. The van der Waals surface area contributed by atoms with Gasteiger partial charge >= 0.3 is 0 Å². The second-order valence-electron chi connectivity index (χ2n) is 12.5. The number of fused-ring (bicyclic) bond motifs is 2. The van der Waals surface area contributed by atoms with E-state index in [9.17, 15) is 4.79 Å². The number of carbonyl (C=O) groups is 1. The first-order chi connectivity index (χ1) is 22.5. The summed E-state index contributed by atoms with van der Waals surface area (Å²) in [7, 11) is 3.84. The Morgan fingerprint density at radius 3 is 2.59 bits per heavy atom. The zero-order valence-corrected chi connectivity index (χ0v) is 26.8. The number of para-hydroxylation sites is 1. The third-order valence-corrected chi connectivity index (χ3v) is 10.2. The summed E-state index contributed by atoms with van der Waals surface area (Å²) in [5.74, 6) is 2.00. The van der Waals surface area contributed by atoms with Crippen LogP contribution in [0.2, 0.25) is 0 Å². The number of anilines is 4. The van der Waals surface area contributed by atoms with Crippen LogP contribution in [0.4, 0.5) is 23.0 Å². The fraction of sp³-hybridized carbons (Fsp3) is 0.314. The molecule has 46 heavy (non-hydrogen) atoms. The first-order valence-corrected chi connectivity index (χ1v) is 16.6. The molecule has 3 aliphatic rings. The number of benzene rings is 2. The fourth-order valence-electron chi connectivity index (χ4n) is 7.13. The lowest BCUT2D eigenvalue weighted by Crippen LogP contribution is -2.27. The summed E-state index contributed by atoms with van der Waals surface area (Å²) in [5.41, 5.74) is 6.22. The van der Waals surface area contributed by atoms with Gasteiger partial charge in [-0.25, -0.2) is 15.0 Å². The van der Waals surface area contributed by atoms with Crippen LogP contribution in [0.25, 0.3) is 32.7 Å². The van der Waals surface area contributed by atoms with Crippen molar-refractivity contribution in [2.45, 2.75) is 18.9 Å². The second kappa shape index (κ2) is 11.6. The Bertz CT molecular complexity index is 1940. The Balaban J connectivity index is 1.20. The van der Waals surface area contributed by atoms with Gasteiger partial charge in [0, 0.05) is 78.7 Å². The van der Waals surface area contributed by atoms with E-state index in [2.05, 4.69) is 74.1 Å². The molecule has 0 radical (unpaired) electrons. The quantitative estimate of drug-likeness (QED) is 0.179. The molecule has 1 aliphatic carbocycles. The number of thiazole rings is 1. The topological polar surface area (TPSA) is 100 Å². The van der Waals surface area contributed by atoms with Crippen LogP contribution in [-0.4, -0.2) is 70.7 Å². The van der Waals surface area contributed by atoms with Crippen LogP contribution >= 0.6 is 11.3 Å². The zero-order chi connectivity index (χ0) is 31.4. The standard InChI is InChI=1S/C35H36N8O2S/c1-4-32(44)38-27-13-28(31(45-3)14-30(27)42-18-21-16-41(2)17-22(21)19-42)39-35-37-15-25(34-36-11-12-46-34)33(40-35)26-20-43(23-9-10-23)29-8-6-5-7-24(26)29/h4-8,11-15,20-23H,1,9-10,16-19H2,2-3H3,(H,38,44)(H,37,39,40). The number of hydrogen-bond donors (Lipinski definition) is 2. The van der Waals surface area contributed by atoms with Crippen molar-refractivity contribution in [1.29, 1.82) is 0 Å². The summed E-state index contributed by atoms with van der Waals surface area (Å²) in [6.45, 7) is 7.71. The molecule has 3 fully saturated rings. The lowest BCUT2D eigenvalue weighted by atomic mass is 10.0. The van der Waals surface area contributed by atoms with Crippen molar-refractivity contribution < 1.29 is 9.53 Å². The lowest BCUT2D eigenvalue weighted by Gasteiger charge is -2.26. The van der Waals surface area contributed by atoms with Crippen molar-refractivity contribution >= 4 is 51.2 Å². The highest BCUT2D eigenvalue weighted by atomic mass is 32.1. The van der Waals surface area contributed by atoms with Gasteiger partial charge in [-0.15, -0.1) is 11.3 Å². The SMILES string of the molecule is C=CC(=O)Nc1cc(Nc2ncc(-c3nccs3)c(-c3cn(C4CC4)c4ccccc34)n2)c(OC)cc1N1CC2CN(C)CC2C1. The smallest absolute Gasteiger partial charge is 0.247 e. The van der Waals surface area contributed by atoms with E-state index in [4.69, 9.17) is 14.7 Å². The van der Waals surface area contributed by atoms with E-state index >= 15 is 0 Å². The molecule has 1 amide bonds. The first-order valence-electron chi connectivity index (χ1n) is 15.7. The summed E-state index contributed by atoms with van der Waals surface area (Å²) < 4.78 is 8.29. The summed E-state index contributed by atoms with van der Waals surface area (Å²) in [6.07, 6.45) is 9.54. The number of hydrogen-bond acceptors (Lipinski definition) is 9. The van der Waals surface area contributed by atoms with Gasteiger partial charge in [-0.2, -0.15) is 0 Å². The normalized spacial score (nSPS) is 19.4. The zero-order valence-electron chi connectivity index (χ0n) is 25.9. The van der Waals surface area contributed by atoms with Gasteiger partial charge in [0.1, 0.15) is 10.8 Å². The van der Waals surface area contributed by atoms with Gasteiger partial charge in [-0.3, -0.25) is 4.79 Å². The largest absolute Gasteiger partial charge is 0.494 e. The molecule has 2 atom stereocenters. The predicted octanol–water partition coefficient (Wildman–Crippen LogP) is 6.43. The summed E-state index contributed by atoms with van der Waals surface area (Å²) in [4.78, 5) is 31.8. The van der Waals surface area contributed by atoms with Gasteiger partial charge < -0.3 is 29.7 Å². The van der Waals surface area contributed by atoms with Gasteiger partial charge in [-0.05, 0) is 49.9 Å². The van der Waals surface area contributed by atoms with Crippen molar-refractivity contribution in [3.63, 3.8) is 0 Å². The monoisotopic (exact) mass is 632 g/mol. The molecule has 5 aromatic rings. The van der Waals surface area contributed by atoms with Crippen LogP contribution in [0, 0.1) is 11.8 Å². The van der Waals surface area contributed by atoms with E-state index in [1.165, 1.54) is 24.4 Å². The highest BCUT2D eigenvalue weighted by Gasteiger charge is 2.39. The molecule has 0 bridgehead atoms. The van der Waals surface area contributed by atoms with Gasteiger partial charge in [0.2, 0.25) is 11.9 Å². The molecule has 8 rings (SSSR count). The van der Waals surface area contributed by atoms with E-state index in [1.807, 2.05) is 23.7 Å². The highest BCUT2D eigenvalue weighted by Crippen LogP contribution is 2.45. The third kappa shape index (κ3) is 5.19. The maximum absolute atomic E-state index is 12.6. The van der Waals surface area contributed by atoms with E-state index in [0.29, 0.717) is 41.0 Å². The molecule has 11 heteroatoms. The van der Waals surface area contributed by atoms with Gasteiger partial charge in [-0.1, -0.05) is 24.8 Å².